The first-order chi connectivity index (χ1) is 18.3. The van der Waals surface area contributed by atoms with Crippen LogP contribution in [-0.4, -0.2) is 86.1 Å². The first-order valence-electron chi connectivity index (χ1n) is 12.7. The van der Waals surface area contributed by atoms with Gasteiger partial charge in [-0.15, -0.1) is 0 Å². The maximum Gasteiger partial charge on any atom is 0.338 e. The number of hydrogen-bond donors (Lipinski definition) is 1. The average Bonchev–Trinajstić information content (AvgIpc) is 3.16. The van der Waals surface area contributed by atoms with Gasteiger partial charge in [-0.1, -0.05) is 24.3 Å². The van der Waals surface area contributed by atoms with Gasteiger partial charge < -0.3 is 19.7 Å². The lowest BCUT2D eigenvalue weighted by Gasteiger charge is -2.36. The number of rotatable bonds is 7. The van der Waals surface area contributed by atoms with Crippen molar-refractivity contribution >= 4 is 17.9 Å². The van der Waals surface area contributed by atoms with Gasteiger partial charge in [0.2, 0.25) is 0 Å². The van der Waals surface area contributed by atoms with Gasteiger partial charge in [0.15, 0.2) is 0 Å². The summed E-state index contributed by atoms with van der Waals surface area (Å²) < 4.78 is 25.4. The lowest BCUT2D eigenvalue weighted by molar-refractivity contribution is -0.139. The van der Waals surface area contributed by atoms with E-state index in [4.69, 9.17) is 9.47 Å². The quantitative estimate of drug-likeness (QED) is 0.560. The predicted octanol–water partition coefficient (Wildman–Crippen LogP) is 3.20. The van der Waals surface area contributed by atoms with E-state index in [1.807, 2.05) is 0 Å². The minimum absolute atomic E-state index is 0.0778. The number of esters is 1. The molecule has 9 nitrogen and oxygen atoms in total. The molecule has 0 aliphatic carbocycles. The summed E-state index contributed by atoms with van der Waals surface area (Å²) in [5, 5.41) is 2.75. The molecule has 4 rings (SSSR count). The SMILES string of the molecule is CCOC(=O)C1=C(CN2CCCN(C(=O)c3cccc(OC)c3)CC2)N(C)C(=O)NC1c1ccccc1F. The van der Waals surface area contributed by atoms with E-state index >= 15 is 0 Å². The van der Waals surface area contributed by atoms with E-state index in [1.165, 1.54) is 11.0 Å². The Morgan fingerprint density at radius 3 is 2.61 bits per heavy atom. The van der Waals surface area contributed by atoms with Crippen molar-refractivity contribution in [2.75, 3.05) is 53.5 Å². The summed E-state index contributed by atoms with van der Waals surface area (Å²) in [6.45, 7) is 4.35. The number of likely N-dealkylation sites (N-methyl/N-ethyl adjacent to an activating group) is 1. The van der Waals surface area contributed by atoms with Crippen LogP contribution >= 0.6 is 0 Å². The molecule has 0 saturated carbocycles. The van der Waals surface area contributed by atoms with E-state index in [1.54, 1.807) is 68.4 Å². The highest BCUT2D eigenvalue weighted by molar-refractivity contribution is 5.95. The fourth-order valence-corrected chi connectivity index (χ4v) is 4.82. The molecule has 0 spiro atoms. The number of carbonyl (C=O) groups excluding carboxylic acids is 3. The van der Waals surface area contributed by atoms with Crippen molar-refractivity contribution in [3.63, 3.8) is 0 Å². The lowest BCUT2D eigenvalue weighted by Crippen LogP contribution is -2.49. The monoisotopic (exact) mass is 524 g/mol. The molecule has 10 heteroatoms. The van der Waals surface area contributed by atoms with Crippen LogP contribution in [0.25, 0.3) is 0 Å². The van der Waals surface area contributed by atoms with Crippen molar-refractivity contribution in [2.24, 2.45) is 0 Å². The van der Waals surface area contributed by atoms with Crippen LogP contribution in [0, 0.1) is 5.82 Å². The van der Waals surface area contributed by atoms with Crippen LogP contribution in [0.4, 0.5) is 9.18 Å². The molecule has 1 atom stereocenters. The van der Waals surface area contributed by atoms with Crippen molar-refractivity contribution in [1.29, 1.82) is 0 Å². The minimum Gasteiger partial charge on any atom is -0.497 e. The second-order valence-electron chi connectivity index (χ2n) is 9.20. The fraction of sp³-hybridized carbons (Fsp3) is 0.393. The molecule has 0 aromatic heterocycles. The Morgan fingerprint density at radius 2 is 1.87 bits per heavy atom. The summed E-state index contributed by atoms with van der Waals surface area (Å²) >= 11 is 0. The molecule has 202 valence electrons. The van der Waals surface area contributed by atoms with Gasteiger partial charge in [0.05, 0.1) is 25.3 Å². The molecule has 2 aromatic rings. The van der Waals surface area contributed by atoms with E-state index in [0.717, 1.165) is 0 Å². The Bertz CT molecular complexity index is 1230. The summed E-state index contributed by atoms with van der Waals surface area (Å²) in [5.41, 5.74) is 1.41. The molecule has 1 unspecified atom stereocenters. The molecule has 3 amide bonds. The number of benzene rings is 2. The van der Waals surface area contributed by atoms with Crippen molar-refractivity contribution in [3.05, 3.63) is 76.7 Å². The van der Waals surface area contributed by atoms with Gasteiger partial charge >= 0.3 is 12.0 Å². The second kappa shape index (κ2) is 12.1. The van der Waals surface area contributed by atoms with Crippen molar-refractivity contribution < 1.29 is 28.2 Å². The number of nitrogens with one attached hydrogen (secondary N) is 1. The number of urea groups is 1. The van der Waals surface area contributed by atoms with Crippen molar-refractivity contribution in [1.82, 2.24) is 20.0 Å². The number of methoxy groups -OCH3 is 1. The molecule has 1 N–H and O–H groups in total. The maximum atomic E-state index is 14.8. The van der Waals surface area contributed by atoms with Crippen molar-refractivity contribution in [2.45, 2.75) is 19.4 Å². The number of ether oxygens (including phenoxy) is 2. The highest BCUT2D eigenvalue weighted by Gasteiger charge is 2.38. The topological polar surface area (TPSA) is 91.4 Å². The Kier molecular flexibility index (Phi) is 8.62. The number of amides is 3. The van der Waals surface area contributed by atoms with E-state index < -0.39 is 23.9 Å². The summed E-state index contributed by atoms with van der Waals surface area (Å²) in [4.78, 5) is 44.5. The standard InChI is InChI=1S/C28H33FN4O5/c1-4-38-27(35)24-23(31(2)28(36)30-25(24)21-11-5-6-12-22(21)29)18-32-13-8-14-33(16-15-32)26(34)19-9-7-10-20(17-19)37-3/h5-7,9-12,17,25H,4,8,13-16,18H2,1-3H3,(H,30,36). The molecule has 38 heavy (non-hydrogen) atoms. The Hall–Kier alpha value is -3.92. The third-order valence-corrected chi connectivity index (χ3v) is 6.85. The fourth-order valence-electron chi connectivity index (χ4n) is 4.82. The van der Waals surface area contributed by atoms with Gasteiger partial charge in [0, 0.05) is 56.6 Å². The smallest absolute Gasteiger partial charge is 0.338 e. The molecule has 2 aliphatic rings. The average molecular weight is 525 g/mol. The molecule has 1 fully saturated rings. The van der Waals surface area contributed by atoms with Crippen LogP contribution in [0.1, 0.15) is 35.3 Å². The molecular formula is C28H33FN4O5. The zero-order valence-electron chi connectivity index (χ0n) is 21.9. The molecule has 0 radical (unpaired) electrons. The van der Waals surface area contributed by atoms with Gasteiger partial charge in [0.25, 0.3) is 5.91 Å². The first kappa shape index (κ1) is 27.1. The van der Waals surface area contributed by atoms with Crippen LogP contribution in [-0.2, 0) is 9.53 Å². The Balaban J connectivity index is 1.59. The second-order valence-corrected chi connectivity index (χ2v) is 9.20. The molecule has 2 heterocycles. The highest BCUT2D eigenvalue weighted by Crippen LogP contribution is 2.33. The van der Waals surface area contributed by atoms with Crippen molar-refractivity contribution in [3.8, 4) is 5.75 Å². The number of nitrogens with zero attached hydrogens (tertiary/aromatic N) is 3. The third-order valence-electron chi connectivity index (χ3n) is 6.85. The zero-order valence-corrected chi connectivity index (χ0v) is 21.9. The first-order valence-corrected chi connectivity index (χ1v) is 12.7. The van der Waals surface area contributed by atoms with Gasteiger partial charge in [-0.2, -0.15) is 0 Å². The van der Waals surface area contributed by atoms with E-state index in [9.17, 15) is 18.8 Å². The number of carbonyl (C=O) groups is 3. The van der Waals surface area contributed by atoms with Crippen LogP contribution in [0.15, 0.2) is 59.8 Å². The van der Waals surface area contributed by atoms with Gasteiger partial charge in [-0.05, 0) is 37.6 Å². The minimum atomic E-state index is -0.980. The van der Waals surface area contributed by atoms with Crippen LogP contribution in [0.5, 0.6) is 5.75 Å². The predicted molar refractivity (Wildman–Crippen MR) is 139 cm³/mol. The van der Waals surface area contributed by atoms with Gasteiger partial charge in [0.1, 0.15) is 11.6 Å². The normalized spacial score (nSPS) is 18.6. The lowest BCUT2D eigenvalue weighted by atomic mass is 9.94. The zero-order chi connectivity index (χ0) is 27.2. The molecule has 1 saturated heterocycles. The van der Waals surface area contributed by atoms with Crippen LogP contribution in [0.2, 0.25) is 0 Å². The van der Waals surface area contributed by atoms with Crippen LogP contribution < -0.4 is 10.1 Å². The Morgan fingerprint density at radius 1 is 1.08 bits per heavy atom. The Labute approximate surface area is 221 Å². The van der Waals surface area contributed by atoms with E-state index in [-0.39, 0.29) is 30.2 Å². The highest BCUT2D eigenvalue weighted by atomic mass is 19.1. The largest absolute Gasteiger partial charge is 0.497 e. The molecule has 0 bridgehead atoms. The van der Waals surface area contributed by atoms with E-state index in [2.05, 4.69) is 10.2 Å². The number of hydrogen-bond acceptors (Lipinski definition) is 6. The van der Waals surface area contributed by atoms with E-state index in [0.29, 0.717) is 49.6 Å². The van der Waals surface area contributed by atoms with Crippen LogP contribution in [0.3, 0.4) is 0 Å². The summed E-state index contributed by atoms with van der Waals surface area (Å²) in [7, 11) is 3.14. The maximum absolute atomic E-state index is 14.8. The molecular weight excluding hydrogens is 491 g/mol. The molecule has 2 aromatic carbocycles. The summed E-state index contributed by atoms with van der Waals surface area (Å²) in [6, 6.07) is 11.7. The third kappa shape index (κ3) is 5.80. The van der Waals surface area contributed by atoms with Gasteiger partial charge in [-0.3, -0.25) is 14.6 Å². The van der Waals surface area contributed by atoms with Gasteiger partial charge in [-0.25, -0.2) is 14.0 Å². The summed E-state index contributed by atoms with van der Waals surface area (Å²) in [6.07, 6.45) is 0.713. The molecule has 2 aliphatic heterocycles. The summed E-state index contributed by atoms with van der Waals surface area (Å²) in [5.74, 6) is -0.586. The number of halogens is 1.